The molecule has 5 N–H and O–H groups in total. The third-order valence-corrected chi connectivity index (χ3v) is 3.25. The highest BCUT2D eigenvalue weighted by molar-refractivity contribution is 9.10. The lowest BCUT2D eigenvalue weighted by Crippen LogP contribution is -2.24. The Hall–Kier alpha value is -1.21. The van der Waals surface area contributed by atoms with Crippen LogP contribution in [0.5, 0.6) is 0 Å². The number of primary amides is 1. The molecule has 1 rings (SSSR count). The smallest absolute Gasteiger partial charge is 0.219 e. The normalized spacial score (nSPS) is 11.9. The maximum atomic E-state index is 14.0. The zero-order chi connectivity index (χ0) is 13.9. The van der Waals surface area contributed by atoms with Gasteiger partial charge in [-0.2, -0.15) is 0 Å². The van der Waals surface area contributed by atoms with Crippen LogP contribution in [-0.2, 0) is 4.79 Å². The van der Waals surface area contributed by atoms with Crippen molar-refractivity contribution in [3.05, 3.63) is 28.0 Å². The predicted molar refractivity (Wildman–Crippen MR) is 76.9 cm³/mol. The second kappa shape index (κ2) is 6.10. The summed E-state index contributed by atoms with van der Waals surface area (Å²) >= 11 is 7.90. The van der Waals surface area contributed by atoms with Crippen molar-refractivity contribution < 1.29 is 9.18 Å². The topological polar surface area (TPSA) is 81.1 Å². The number of nitrogens with two attached hydrogens (primary N) is 2. The van der Waals surface area contributed by atoms with Crippen LogP contribution in [0.15, 0.2) is 16.6 Å². The molecule has 0 aliphatic rings. The molecule has 1 atom stereocenters. The Morgan fingerprint density at radius 3 is 2.67 bits per heavy atom. The molecule has 98 valence electrons. The highest BCUT2D eigenvalue weighted by atomic mass is 79.9. The van der Waals surface area contributed by atoms with E-state index in [1.807, 2.05) is 0 Å². The van der Waals surface area contributed by atoms with E-state index in [1.165, 1.54) is 6.07 Å². The Morgan fingerprint density at radius 2 is 2.17 bits per heavy atom. The Labute approximate surface area is 118 Å². The third-order valence-electron chi connectivity index (χ3n) is 2.26. The quantitative estimate of drug-likeness (QED) is 0.719. The molecule has 18 heavy (non-hydrogen) atoms. The van der Waals surface area contributed by atoms with Crippen LogP contribution in [0.4, 0.5) is 10.1 Å². The molecule has 1 aromatic carbocycles. The van der Waals surface area contributed by atoms with Crippen molar-refractivity contribution in [2.24, 2.45) is 11.5 Å². The fourth-order valence-electron chi connectivity index (χ4n) is 1.47. The van der Waals surface area contributed by atoms with Crippen LogP contribution in [0.25, 0.3) is 0 Å². The van der Waals surface area contributed by atoms with Gasteiger partial charge in [0.25, 0.3) is 0 Å². The van der Waals surface area contributed by atoms with Gasteiger partial charge in [-0.1, -0.05) is 12.2 Å². The molecule has 0 saturated carbocycles. The zero-order valence-corrected chi connectivity index (χ0v) is 12.1. The van der Waals surface area contributed by atoms with Gasteiger partial charge in [0.05, 0.1) is 10.2 Å². The van der Waals surface area contributed by atoms with Crippen molar-refractivity contribution in [2.45, 2.75) is 19.4 Å². The van der Waals surface area contributed by atoms with Crippen LogP contribution < -0.4 is 16.8 Å². The van der Waals surface area contributed by atoms with E-state index in [0.717, 1.165) is 0 Å². The zero-order valence-electron chi connectivity index (χ0n) is 9.67. The van der Waals surface area contributed by atoms with Gasteiger partial charge in [0.1, 0.15) is 4.99 Å². The minimum atomic E-state index is -0.503. The van der Waals surface area contributed by atoms with E-state index in [2.05, 4.69) is 21.2 Å². The first-order chi connectivity index (χ1) is 8.32. The molecule has 0 aliphatic heterocycles. The molecular weight excluding hydrogens is 321 g/mol. The summed E-state index contributed by atoms with van der Waals surface area (Å²) in [6.07, 6.45) is 0.119. The van der Waals surface area contributed by atoms with E-state index in [-0.39, 0.29) is 27.6 Å². The Morgan fingerprint density at radius 1 is 1.56 bits per heavy atom. The second-order valence-electron chi connectivity index (χ2n) is 3.87. The number of carbonyl (C=O) groups is 1. The largest absolute Gasteiger partial charge is 0.389 e. The summed E-state index contributed by atoms with van der Waals surface area (Å²) < 4.78 is 14.2. The maximum Gasteiger partial charge on any atom is 0.219 e. The van der Waals surface area contributed by atoms with Gasteiger partial charge in [0.15, 0.2) is 5.82 Å². The van der Waals surface area contributed by atoms with E-state index < -0.39 is 11.7 Å². The number of halogens is 2. The van der Waals surface area contributed by atoms with Gasteiger partial charge in [0, 0.05) is 18.0 Å². The highest BCUT2D eigenvalue weighted by Crippen LogP contribution is 2.27. The molecule has 0 radical (unpaired) electrons. The molecule has 1 aromatic rings. The van der Waals surface area contributed by atoms with E-state index in [9.17, 15) is 9.18 Å². The average Bonchev–Trinajstić information content (AvgIpc) is 2.23. The second-order valence-corrected chi connectivity index (χ2v) is 5.10. The minimum absolute atomic E-state index is 0.109. The SMILES string of the molecule is CC(CC(N)=O)Nc1ccc(C(N)=S)c(Br)c1F. The van der Waals surface area contributed by atoms with E-state index in [1.54, 1.807) is 13.0 Å². The number of benzene rings is 1. The lowest BCUT2D eigenvalue weighted by Gasteiger charge is -2.15. The van der Waals surface area contributed by atoms with Crippen LogP contribution in [-0.4, -0.2) is 16.9 Å². The van der Waals surface area contributed by atoms with Crippen LogP contribution in [0.1, 0.15) is 18.9 Å². The van der Waals surface area contributed by atoms with Crippen LogP contribution >= 0.6 is 28.1 Å². The van der Waals surface area contributed by atoms with Gasteiger partial charge in [-0.05, 0) is 35.0 Å². The fourth-order valence-corrected chi connectivity index (χ4v) is 2.33. The molecule has 7 heteroatoms. The molecule has 0 fully saturated rings. The molecule has 4 nitrogen and oxygen atoms in total. The summed E-state index contributed by atoms with van der Waals surface area (Å²) in [6.45, 7) is 1.74. The Balaban J connectivity index is 2.95. The van der Waals surface area contributed by atoms with Gasteiger partial charge in [-0.3, -0.25) is 4.79 Å². The predicted octanol–water partition coefficient (Wildman–Crippen LogP) is 1.90. The van der Waals surface area contributed by atoms with Crippen molar-refractivity contribution in [1.29, 1.82) is 0 Å². The van der Waals surface area contributed by atoms with Crippen molar-refractivity contribution in [1.82, 2.24) is 0 Å². The molecule has 0 aliphatic carbocycles. The van der Waals surface area contributed by atoms with Crippen molar-refractivity contribution in [3.8, 4) is 0 Å². The molecule has 0 spiro atoms. The molecule has 1 unspecified atom stereocenters. The Kier molecular flexibility index (Phi) is 5.03. The van der Waals surface area contributed by atoms with E-state index in [4.69, 9.17) is 23.7 Å². The van der Waals surface area contributed by atoms with Gasteiger partial charge in [0.2, 0.25) is 5.91 Å². The monoisotopic (exact) mass is 333 g/mol. The number of amides is 1. The van der Waals surface area contributed by atoms with E-state index in [0.29, 0.717) is 5.56 Å². The van der Waals surface area contributed by atoms with Crippen molar-refractivity contribution in [2.75, 3.05) is 5.32 Å². The first-order valence-corrected chi connectivity index (χ1v) is 6.35. The summed E-state index contributed by atoms with van der Waals surface area (Å²) in [7, 11) is 0. The summed E-state index contributed by atoms with van der Waals surface area (Å²) in [5, 5.41) is 2.86. The maximum absolute atomic E-state index is 14.0. The number of rotatable bonds is 5. The number of nitrogens with one attached hydrogen (secondary N) is 1. The minimum Gasteiger partial charge on any atom is -0.389 e. The van der Waals surface area contributed by atoms with Crippen LogP contribution in [0, 0.1) is 5.82 Å². The standard InChI is InChI=1S/C11H13BrFN3OS/c1-5(4-8(14)17)16-7-3-2-6(11(15)18)9(12)10(7)13/h2-3,5,16H,4H2,1H3,(H2,14,17)(H2,15,18). The summed E-state index contributed by atoms with van der Waals surface area (Å²) in [4.78, 5) is 10.8. The number of hydrogen-bond donors (Lipinski definition) is 3. The van der Waals surface area contributed by atoms with Crippen LogP contribution in [0.2, 0.25) is 0 Å². The highest BCUT2D eigenvalue weighted by Gasteiger charge is 2.15. The molecule has 0 saturated heterocycles. The molecular formula is C11H13BrFN3OS. The molecule has 1 amide bonds. The molecule has 0 aromatic heterocycles. The first-order valence-electron chi connectivity index (χ1n) is 5.15. The Bertz CT molecular complexity index is 495. The van der Waals surface area contributed by atoms with Gasteiger partial charge in [-0.25, -0.2) is 4.39 Å². The van der Waals surface area contributed by atoms with Gasteiger partial charge >= 0.3 is 0 Å². The summed E-state index contributed by atoms with van der Waals surface area (Å²) in [5.74, 6) is -0.953. The van der Waals surface area contributed by atoms with Crippen molar-refractivity contribution in [3.63, 3.8) is 0 Å². The first kappa shape index (κ1) is 14.8. The van der Waals surface area contributed by atoms with Crippen LogP contribution in [0.3, 0.4) is 0 Å². The molecule has 0 bridgehead atoms. The van der Waals surface area contributed by atoms with Crippen molar-refractivity contribution >= 4 is 44.7 Å². The number of hydrogen-bond acceptors (Lipinski definition) is 3. The number of carbonyl (C=O) groups excluding carboxylic acids is 1. The van der Waals surface area contributed by atoms with Gasteiger partial charge < -0.3 is 16.8 Å². The summed E-state index contributed by atoms with van der Waals surface area (Å²) in [5.41, 5.74) is 11.2. The van der Waals surface area contributed by atoms with Gasteiger partial charge in [-0.15, -0.1) is 0 Å². The third kappa shape index (κ3) is 3.64. The lowest BCUT2D eigenvalue weighted by molar-refractivity contribution is -0.118. The number of anilines is 1. The lowest BCUT2D eigenvalue weighted by atomic mass is 10.1. The fraction of sp³-hybridized carbons (Fsp3) is 0.273. The summed E-state index contributed by atoms with van der Waals surface area (Å²) in [6, 6.07) is 2.86. The number of thiocarbonyl (C=S) groups is 1. The average molecular weight is 334 g/mol. The molecule has 0 heterocycles. The van der Waals surface area contributed by atoms with E-state index >= 15 is 0 Å².